The molecule has 9 nitrogen and oxygen atoms in total. The number of carbonyl (C=O) groups is 1. The van der Waals surface area contributed by atoms with Crippen LogP contribution in [0.5, 0.6) is 5.75 Å². The number of benzene rings is 2. The van der Waals surface area contributed by atoms with Crippen LogP contribution in [0.25, 0.3) is 5.57 Å². The first kappa shape index (κ1) is 35.5. The van der Waals surface area contributed by atoms with Crippen molar-refractivity contribution in [1.29, 1.82) is 0 Å². The van der Waals surface area contributed by atoms with Crippen LogP contribution >= 0.6 is 0 Å². The van der Waals surface area contributed by atoms with E-state index < -0.39 is 39.6 Å². The molecule has 2 aromatic rings. The van der Waals surface area contributed by atoms with Crippen molar-refractivity contribution >= 4 is 17.2 Å². The average molecular weight is 724 g/mol. The molecule has 0 radical (unpaired) electrons. The maximum absolute atomic E-state index is 15.2. The number of ether oxygens (including phenoxy) is 2. The van der Waals surface area contributed by atoms with Crippen molar-refractivity contribution in [2.45, 2.75) is 106 Å². The quantitative estimate of drug-likeness (QED) is 0.302. The van der Waals surface area contributed by atoms with E-state index in [4.69, 9.17) is 9.47 Å². The van der Waals surface area contributed by atoms with E-state index in [0.717, 1.165) is 61.4 Å². The first-order chi connectivity index (χ1) is 25.3. The lowest BCUT2D eigenvalue weighted by Gasteiger charge is -2.63. The SMILES string of the molecule is CC[C@]1(O)CC2CN(CCC3=C(Cc4ccccc43)[C@@](C(=O)OC)(c3cc4c(cc3OC)N(C)[C@H]3[C@](C)(O)[C@H](O)[C@]5(CC)C=CCN6CC[C@]43[C@@H]65)C2)C1. The third-order valence-electron chi connectivity index (χ3n) is 15.5. The van der Waals surface area contributed by atoms with Crippen LogP contribution in [0.15, 0.2) is 54.1 Å². The second-order valence-electron chi connectivity index (χ2n) is 17.8. The number of carbonyl (C=O) groups excluding carboxylic acids is 1. The summed E-state index contributed by atoms with van der Waals surface area (Å²) in [6.45, 7) is 9.92. The Bertz CT molecular complexity index is 1920. The summed E-state index contributed by atoms with van der Waals surface area (Å²) in [6.07, 6.45) is 8.08. The predicted octanol–water partition coefficient (Wildman–Crippen LogP) is 4.59. The van der Waals surface area contributed by atoms with Crippen molar-refractivity contribution in [2.24, 2.45) is 11.3 Å². The van der Waals surface area contributed by atoms with Crippen LogP contribution in [0.1, 0.15) is 81.5 Å². The first-order valence-electron chi connectivity index (χ1n) is 20.0. The summed E-state index contributed by atoms with van der Waals surface area (Å²) < 4.78 is 12.4. The second kappa shape index (κ2) is 11.9. The summed E-state index contributed by atoms with van der Waals surface area (Å²) in [4.78, 5) is 22.3. The molecule has 10 atom stereocenters. The molecule has 5 aliphatic heterocycles. The minimum Gasteiger partial charge on any atom is -0.496 e. The van der Waals surface area contributed by atoms with E-state index in [1.54, 1.807) is 7.11 Å². The Kier molecular flexibility index (Phi) is 7.96. The minimum atomic E-state index is -1.43. The monoisotopic (exact) mass is 723 g/mol. The number of rotatable bonds is 5. The molecule has 2 aromatic carbocycles. The fraction of sp³-hybridized carbons (Fsp3) is 0.614. The number of hydrogen-bond acceptors (Lipinski definition) is 9. The summed E-state index contributed by atoms with van der Waals surface area (Å²) >= 11 is 0. The zero-order valence-electron chi connectivity index (χ0n) is 32.3. The number of fused-ring (bicyclic) bond motifs is 5. The topological polar surface area (TPSA) is 106 Å². The first-order valence-corrected chi connectivity index (χ1v) is 20.0. The van der Waals surface area contributed by atoms with Gasteiger partial charge >= 0.3 is 5.97 Å². The number of likely N-dealkylation sites (N-methyl/N-ethyl adjacent to an activating group) is 1. The number of aliphatic hydroxyl groups excluding tert-OH is 1. The normalized spacial score (nSPS) is 41.1. The number of esters is 1. The Morgan fingerprint density at radius 3 is 2.55 bits per heavy atom. The molecule has 0 aromatic heterocycles. The van der Waals surface area contributed by atoms with E-state index in [1.807, 2.05) is 14.0 Å². The van der Waals surface area contributed by atoms with Crippen LogP contribution in [0.2, 0.25) is 0 Å². The summed E-state index contributed by atoms with van der Waals surface area (Å²) in [5.74, 6) is 0.355. The number of anilines is 1. The Balaban J connectivity index is 1.33. The van der Waals surface area contributed by atoms with Gasteiger partial charge in [0.2, 0.25) is 0 Å². The fourth-order valence-corrected chi connectivity index (χ4v) is 13.5. The largest absolute Gasteiger partial charge is 0.496 e. The predicted molar refractivity (Wildman–Crippen MR) is 205 cm³/mol. The van der Waals surface area contributed by atoms with Crippen molar-refractivity contribution < 1.29 is 29.6 Å². The van der Waals surface area contributed by atoms with Crippen molar-refractivity contribution in [3.8, 4) is 5.75 Å². The molecule has 9 rings (SSSR count). The van der Waals surface area contributed by atoms with E-state index >= 15 is 4.79 Å². The van der Waals surface area contributed by atoms with Crippen molar-refractivity contribution in [3.05, 3.63) is 76.4 Å². The molecule has 1 spiro atoms. The molecule has 3 fully saturated rings. The van der Waals surface area contributed by atoms with Crippen molar-refractivity contribution in [1.82, 2.24) is 9.80 Å². The standard InChI is InChI=1S/C44H57N3O6/c1-7-41(51)23-27-24-44(39(49)53-6,31-20-28-12-9-10-13-29(28)30(31)14-18-46(25-27)26-41)33-21-32-34(22-35(33)52-5)45(4)36-40(3,50)38(48)42(8-2)15-11-17-47-19-16-43(32,36)37(42)47/h9-13,15,21-22,27,36-38,48,50-51H,7-8,14,16-20,23-26H2,1-6H3/t27?,36-,37-,38-,40-,41-,42+,43-,44+/m0/s1. The van der Waals surface area contributed by atoms with Crippen LogP contribution in [-0.2, 0) is 26.8 Å². The maximum atomic E-state index is 15.2. The van der Waals surface area contributed by atoms with E-state index in [0.29, 0.717) is 44.4 Å². The van der Waals surface area contributed by atoms with E-state index in [1.165, 1.54) is 23.8 Å². The molecule has 2 unspecified atom stereocenters. The molecule has 2 saturated heterocycles. The van der Waals surface area contributed by atoms with Crippen LogP contribution in [0.4, 0.5) is 5.69 Å². The smallest absolute Gasteiger partial charge is 0.320 e. The number of nitrogens with zero attached hydrogens (tertiary/aromatic N) is 3. The van der Waals surface area contributed by atoms with Crippen molar-refractivity contribution in [2.75, 3.05) is 58.9 Å². The highest BCUT2D eigenvalue weighted by Gasteiger charge is 2.75. The van der Waals surface area contributed by atoms with Crippen LogP contribution in [0.3, 0.4) is 0 Å². The lowest BCUT2D eigenvalue weighted by molar-refractivity contribution is -0.190. The molecular formula is C44H57N3O6. The third-order valence-corrected chi connectivity index (χ3v) is 15.5. The number of piperidine rings is 1. The Morgan fingerprint density at radius 2 is 1.81 bits per heavy atom. The molecule has 284 valence electrons. The van der Waals surface area contributed by atoms with E-state index in [2.05, 4.69) is 77.1 Å². The van der Waals surface area contributed by atoms with Gasteiger partial charge < -0.3 is 29.7 Å². The molecule has 3 N–H and O–H groups in total. The molecule has 7 aliphatic rings. The summed E-state index contributed by atoms with van der Waals surface area (Å²) in [5, 5.41) is 36.8. The van der Waals surface area contributed by atoms with Gasteiger partial charge in [-0.25, -0.2) is 0 Å². The molecular weight excluding hydrogens is 666 g/mol. The Morgan fingerprint density at radius 1 is 1.02 bits per heavy atom. The number of aliphatic hydroxyl groups is 3. The van der Waals surface area contributed by atoms with Crippen LogP contribution in [-0.4, -0.2) is 114 Å². The number of hydrogen-bond donors (Lipinski definition) is 3. The van der Waals surface area contributed by atoms with E-state index in [9.17, 15) is 15.3 Å². The van der Waals surface area contributed by atoms with Gasteiger partial charge in [-0.1, -0.05) is 50.3 Å². The van der Waals surface area contributed by atoms with Gasteiger partial charge in [-0.15, -0.1) is 0 Å². The van der Waals surface area contributed by atoms with E-state index in [-0.39, 0.29) is 17.9 Å². The molecule has 9 heteroatoms. The van der Waals surface area contributed by atoms with Gasteiger partial charge in [0.15, 0.2) is 0 Å². The van der Waals surface area contributed by atoms with Gasteiger partial charge in [0.1, 0.15) is 16.8 Å². The summed E-state index contributed by atoms with van der Waals surface area (Å²) in [6, 6.07) is 12.5. The van der Waals surface area contributed by atoms with Crippen LogP contribution < -0.4 is 9.64 Å². The molecule has 5 heterocycles. The van der Waals surface area contributed by atoms with Gasteiger partial charge in [0, 0.05) is 67.4 Å². The lowest BCUT2D eigenvalue weighted by Crippen LogP contribution is -2.77. The fourth-order valence-electron chi connectivity index (χ4n) is 13.5. The highest BCUT2D eigenvalue weighted by molar-refractivity contribution is 5.95. The van der Waals surface area contributed by atoms with Gasteiger partial charge in [-0.3, -0.25) is 14.6 Å². The lowest BCUT2D eigenvalue weighted by atomic mass is 9.48. The Hall–Kier alpha value is -3.21. The molecule has 2 aliphatic carbocycles. The van der Waals surface area contributed by atoms with Crippen molar-refractivity contribution in [3.63, 3.8) is 0 Å². The maximum Gasteiger partial charge on any atom is 0.320 e. The highest BCUT2D eigenvalue weighted by Crippen LogP contribution is 2.67. The van der Waals surface area contributed by atoms with Gasteiger partial charge in [-0.05, 0) is 98.2 Å². The second-order valence-corrected chi connectivity index (χ2v) is 17.8. The highest BCUT2D eigenvalue weighted by atomic mass is 16.5. The van der Waals surface area contributed by atoms with Gasteiger partial charge in [0.25, 0.3) is 0 Å². The average Bonchev–Trinajstić information content (AvgIpc) is 3.82. The minimum absolute atomic E-state index is 0.0265. The zero-order chi connectivity index (χ0) is 37.3. The molecule has 1 saturated carbocycles. The Labute approximate surface area is 314 Å². The molecule has 2 bridgehead atoms. The number of methoxy groups -OCH3 is 2. The summed E-state index contributed by atoms with van der Waals surface area (Å²) in [7, 11) is 5.24. The van der Waals surface area contributed by atoms with Gasteiger partial charge in [-0.2, -0.15) is 0 Å². The van der Waals surface area contributed by atoms with Crippen LogP contribution in [0, 0.1) is 11.3 Å². The molecule has 0 amide bonds. The zero-order valence-corrected chi connectivity index (χ0v) is 32.3. The third kappa shape index (κ3) is 4.46. The summed E-state index contributed by atoms with van der Waals surface area (Å²) in [5.41, 5.74) is 2.98. The molecule has 53 heavy (non-hydrogen) atoms. The van der Waals surface area contributed by atoms with Gasteiger partial charge in [0.05, 0.1) is 32.0 Å².